The molecule has 22 heavy (non-hydrogen) atoms. The van der Waals surface area contributed by atoms with Gasteiger partial charge in [0.1, 0.15) is 0 Å². The molecule has 0 atom stereocenters. The molecule has 0 N–H and O–H groups in total. The van der Waals surface area contributed by atoms with Crippen LogP contribution >= 0.6 is 0 Å². The van der Waals surface area contributed by atoms with Crippen molar-refractivity contribution in [3.05, 3.63) is 29.8 Å². The summed E-state index contributed by atoms with van der Waals surface area (Å²) >= 11 is 0. The van der Waals surface area contributed by atoms with Crippen molar-refractivity contribution in [3.8, 4) is 0 Å². The van der Waals surface area contributed by atoms with Crippen LogP contribution in [0.2, 0.25) is 0 Å². The molecule has 3 nitrogen and oxygen atoms in total. The Labute approximate surface area is 136 Å². The van der Waals surface area contributed by atoms with E-state index in [-0.39, 0.29) is 18.3 Å². The first kappa shape index (κ1) is 17.5. The normalized spacial score (nSPS) is 19.9. The molecule has 1 aromatic rings. The lowest BCUT2D eigenvalue weighted by Gasteiger charge is -2.32. The van der Waals surface area contributed by atoms with Gasteiger partial charge in [0, 0.05) is 6.54 Å². The van der Waals surface area contributed by atoms with Gasteiger partial charge in [0.25, 0.3) is 0 Å². The number of benzene rings is 1. The summed E-state index contributed by atoms with van der Waals surface area (Å²) in [4.78, 5) is 2.37. The van der Waals surface area contributed by atoms with Crippen LogP contribution < -0.4 is 5.46 Å². The predicted molar refractivity (Wildman–Crippen MR) is 93.4 cm³/mol. The maximum atomic E-state index is 6.14. The predicted octanol–water partition coefficient (Wildman–Crippen LogP) is 3.22. The third kappa shape index (κ3) is 3.92. The molecule has 0 saturated carbocycles. The summed E-state index contributed by atoms with van der Waals surface area (Å²) in [6.07, 6.45) is 2.48. The van der Waals surface area contributed by atoms with E-state index < -0.39 is 0 Å². The summed E-state index contributed by atoms with van der Waals surface area (Å²) in [5.74, 6) is 0. The second kappa shape index (κ2) is 6.73. The van der Waals surface area contributed by atoms with Crippen LogP contribution in [0.4, 0.5) is 0 Å². The van der Waals surface area contributed by atoms with Gasteiger partial charge in [0.05, 0.1) is 11.2 Å². The van der Waals surface area contributed by atoms with Crippen LogP contribution in [0.1, 0.15) is 53.0 Å². The summed E-state index contributed by atoms with van der Waals surface area (Å²) in [7, 11) is 1.91. The Morgan fingerprint density at radius 3 is 2.32 bits per heavy atom. The number of nitrogens with zero attached hydrogens (tertiary/aromatic N) is 1. The number of hydrogen-bond donors (Lipinski definition) is 0. The quantitative estimate of drug-likeness (QED) is 0.753. The van der Waals surface area contributed by atoms with Gasteiger partial charge in [-0.25, -0.2) is 0 Å². The van der Waals surface area contributed by atoms with Crippen LogP contribution in [0.3, 0.4) is 0 Å². The molecule has 0 spiro atoms. The van der Waals surface area contributed by atoms with Gasteiger partial charge in [0.2, 0.25) is 0 Å². The van der Waals surface area contributed by atoms with E-state index in [1.165, 1.54) is 18.4 Å². The molecule has 4 heteroatoms. The van der Waals surface area contributed by atoms with E-state index >= 15 is 0 Å². The third-order valence-electron chi connectivity index (χ3n) is 4.82. The molecule has 1 saturated heterocycles. The van der Waals surface area contributed by atoms with Crippen molar-refractivity contribution >= 4 is 12.6 Å². The van der Waals surface area contributed by atoms with Crippen LogP contribution in [-0.2, 0) is 15.9 Å². The molecular weight excluding hydrogens is 273 g/mol. The van der Waals surface area contributed by atoms with Crippen molar-refractivity contribution in [3.63, 3.8) is 0 Å². The fraction of sp³-hybridized carbons (Fsp3) is 0.667. The zero-order chi connectivity index (χ0) is 16.4. The lowest BCUT2D eigenvalue weighted by molar-refractivity contribution is 0.00578. The third-order valence-corrected chi connectivity index (χ3v) is 4.82. The fourth-order valence-electron chi connectivity index (χ4n) is 2.64. The Morgan fingerprint density at radius 2 is 1.73 bits per heavy atom. The molecule has 1 heterocycles. The topological polar surface area (TPSA) is 21.7 Å². The Balaban J connectivity index is 2.06. The molecule has 1 aromatic carbocycles. The molecule has 1 aliphatic heterocycles. The van der Waals surface area contributed by atoms with E-state index in [0.717, 1.165) is 18.6 Å². The molecule has 0 bridgehead atoms. The first-order valence-corrected chi connectivity index (χ1v) is 8.38. The Hall–Kier alpha value is -0.835. The zero-order valence-electron chi connectivity index (χ0n) is 15.0. The van der Waals surface area contributed by atoms with Gasteiger partial charge >= 0.3 is 7.12 Å². The summed E-state index contributed by atoms with van der Waals surface area (Å²) in [5.41, 5.74) is 1.85. The lowest BCUT2D eigenvalue weighted by atomic mass is 9.78. The minimum absolute atomic E-state index is 0.272. The van der Waals surface area contributed by atoms with Crippen LogP contribution in [0, 0.1) is 0 Å². The zero-order valence-corrected chi connectivity index (χ0v) is 15.0. The first-order valence-electron chi connectivity index (χ1n) is 8.38. The summed E-state index contributed by atoms with van der Waals surface area (Å²) in [5, 5.41) is 0. The monoisotopic (exact) mass is 303 g/mol. The van der Waals surface area contributed by atoms with Crippen molar-refractivity contribution in [1.82, 2.24) is 4.90 Å². The molecule has 1 fully saturated rings. The highest BCUT2D eigenvalue weighted by atomic mass is 16.7. The van der Waals surface area contributed by atoms with Gasteiger partial charge in [-0.15, -0.1) is 0 Å². The molecule has 0 amide bonds. The van der Waals surface area contributed by atoms with Crippen molar-refractivity contribution in [2.24, 2.45) is 0 Å². The molecule has 122 valence electrons. The molecule has 0 aliphatic carbocycles. The van der Waals surface area contributed by atoms with Crippen molar-refractivity contribution in [1.29, 1.82) is 0 Å². The maximum absolute atomic E-state index is 6.14. The smallest absolute Gasteiger partial charge is 0.399 e. The van der Waals surface area contributed by atoms with E-state index in [9.17, 15) is 0 Å². The summed E-state index contributed by atoms with van der Waals surface area (Å²) in [6, 6.07) is 8.59. The standard InChI is InChI=1S/C18H30BNO2/c1-7-8-12-20(6)14-15-10-9-11-16(13-15)19-21-17(2,3)18(4,5)22-19/h9-11,13H,7-8,12,14H2,1-6H3. The van der Waals surface area contributed by atoms with Gasteiger partial charge in [0.15, 0.2) is 0 Å². The second-order valence-corrected chi connectivity index (χ2v) is 7.42. The van der Waals surface area contributed by atoms with Crippen molar-refractivity contribution < 1.29 is 9.31 Å². The molecule has 2 rings (SSSR count). The number of hydrogen-bond acceptors (Lipinski definition) is 3. The van der Waals surface area contributed by atoms with E-state index in [2.05, 4.69) is 70.8 Å². The second-order valence-electron chi connectivity index (χ2n) is 7.42. The summed E-state index contributed by atoms with van der Waals surface area (Å²) < 4.78 is 12.3. The molecule has 0 aromatic heterocycles. The highest BCUT2D eigenvalue weighted by molar-refractivity contribution is 6.62. The summed E-state index contributed by atoms with van der Waals surface area (Å²) in [6.45, 7) is 12.7. The van der Waals surface area contributed by atoms with Gasteiger partial charge in [-0.2, -0.15) is 0 Å². The largest absolute Gasteiger partial charge is 0.494 e. The van der Waals surface area contributed by atoms with Gasteiger partial charge in [-0.1, -0.05) is 37.6 Å². The highest BCUT2D eigenvalue weighted by Gasteiger charge is 2.51. The van der Waals surface area contributed by atoms with E-state index in [1.807, 2.05) is 0 Å². The fourth-order valence-corrected chi connectivity index (χ4v) is 2.64. The van der Waals surface area contributed by atoms with Gasteiger partial charge in [-0.3, -0.25) is 0 Å². The van der Waals surface area contributed by atoms with Crippen molar-refractivity contribution in [2.75, 3.05) is 13.6 Å². The lowest BCUT2D eigenvalue weighted by Crippen LogP contribution is -2.41. The average Bonchev–Trinajstić information content (AvgIpc) is 2.65. The Kier molecular flexibility index (Phi) is 5.36. The minimum Gasteiger partial charge on any atom is -0.399 e. The molecule has 0 radical (unpaired) electrons. The Morgan fingerprint density at radius 1 is 1.09 bits per heavy atom. The average molecular weight is 303 g/mol. The first-order chi connectivity index (χ1) is 10.2. The van der Waals surface area contributed by atoms with E-state index in [4.69, 9.17) is 9.31 Å². The SMILES string of the molecule is CCCCN(C)Cc1cccc(B2OC(C)(C)C(C)(C)O2)c1. The van der Waals surface area contributed by atoms with E-state index in [0.29, 0.717) is 0 Å². The molecular formula is C18H30BNO2. The van der Waals surface area contributed by atoms with Crippen molar-refractivity contribution in [2.45, 2.75) is 65.2 Å². The van der Waals surface area contributed by atoms with Crippen LogP contribution in [-0.4, -0.2) is 36.8 Å². The maximum Gasteiger partial charge on any atom is 0.494 e. The minimum atomic E-state index is -0.286. The molecule has 0 unspecified atom stereocenters. The van der Waals surface area contributed by atoms with Crippen LogP contribution in [0.15, 0.2) is 24.3 Å². The van der Waals surface area contributed by atoms with Gasteiger partial charge < -0.3 is 14.2 Å². The Bertz CT molecular complexity index is 486. The number of unbranched alkanes of at least 4 members (excludes halogenated alkanes) is 1. The van der Waals surface area contributed by atoms with Crippen LogP contribution in [0.25, 0.3) is 0 Å². The molecule has 1 aliphatic rings. The van der Waals surface area contributed by atoms with E-state index in [1.54, 1.807) is 0 Å². The highest BCUT2D eigenvalue weighted by Crippen LogP contribution is 2.36. The van der Waals surface area contributed by atoms with Crippen LogP contribution in [0.5, 0.6) is 0 Å². The van der Waals surface area contributed by atoms with Gasteiger partial charge in [-0.05, 0) is 58.7 Å². The number of rotatable bonds is 6.